The molecule has 0 aromatic heterocycles. The maximum Gasteiger partial charge on any atom is 0.547 e. The predicted molar refractivity (Wildman–Crippen MR) is 110 cm³/mol. The first-order chi connectivity index (χ1) is 15.7. The van der Waals surface area contributed by atoms with Gasteiger partial charge in [0.2, 0.25) is 6.79 Å². The smallest absolute Gasteiger partial charge is 0.534 e. The van der Waals surface area contributed by atoms with E-state index in [0.29, 0.717) is 18.8 Å². The molecule has 2 heterocycles. The van der Waals surface area contributed by atoms with E-state index in [2.05, 4.69) is 5.32 Å². The summed E-state index contributed by atoms with van der Waals surface area (Å²) in [6.07, 6.45) is 1.02. The molecule has 1 amide bonds. The Kier molecular flexibility index (Phi) is 8.25. The van der Waals surface area contributed by atoms with Gasteiger partial charge >= 0.3 is 25.0 Å². The van der Waals surface area contributed by atoms with Crippen LogP contribution >= 0.6 is 0 Å². The highest BCUT2D eigenvalue weighted by molar-refractivity contribution is 6.47. The SMILES string of the molecule is CCC(F)(F)C(=O)N[C@H]1Cc2cccc(C(=O)OCOC(=O)CC3CCOCC3)c2OB1O. The second-order valence-electron chi connectivity index (χ2n) is 7.97. The van der Waals surface area contributed by atoms with E-state index in [0.717, 1.165) is 12.8 Å². The van der Waals surface area contributed by atoms with Crippen molar-refractivity contribution in [1.29, 1.82) is 0 Å². The first-order valence-corrected chi connectivity index (χ1v) is 10.8. The van der Waals surface area contributed by atoms with E-state index in [-0.39, 0.29) is 30.1 Å². The zero-order valence-corrected chi connectivity index (χ0v) is 18.2. The molecule has 0 spiro atoms. The highest BCUT2D eigenvalue weighted by Crippen LogP contribution is 2.31. The van der Waals surface area contributed by atoms with Crippen molar-refractivity contribution in [3.05, 3.63) is 29.3 Å². The second kappa shape index (κ2) is 10.9. The Labute approximate surface area is 189 Å². The van der Waals surface area contributed by atoms with Crippen molar-refractivity contribution in [3.63, 3.8) is 0 Å². The summed E-state index contributed by atoms with van der Waals surface area (Å²) < 4.78 is 47.7. The fourth-order valence-corrected chi connectivity index (χ4v) is 3.61. The van der Waals surface area contributed by atoms with Gasteiger partial charge in [0.05, 0.1) is 5.94 Å². The summed E-state index contributed by atoms with van der Waals surface area (Å²) in [6.45, 7) is 1.79. The number of rotatable bonds is 8. The lowest BCUT2D eigenvalue weighted by Gasteiger charge is -2.30. The molecule has 9 nitrogen and oxygen atoms in total. The zero-order valence-electron chi connectivity index (χ0n) is 18.2. The molecule has 0 unspecified atom stereocenters. The van der Waals surface area contributed by atoms with Crippen LogP contribution < -0.4 is 9.97 Å². The van der Waals surface area contributed by atoms with Gasteiger partial charge in [-0.05, 0) is 36.8 Å². The number of para-hydroxylation sites is 1. The molecule has 180 valence electrons. The molecule has 0 aliphatic carbocycles. The molecule has 1 fully saturated rings. The van der Waals surface area contributed by atoms with Crippen LogP contribution in [0.3, 0.4) is 0 Å². The Morgan fingerprint density at radius 3 is 2.67 bits per heavy atom. The largest absolute Gasteiger partial charge is 0.547 e. The van der Waals surface area contributed by atoms with E-state index >= 15 is 0 Å². The first kappa shape index (κ1) is 24.9. The summed E-state index contributed by atoms with van der Waals surface area (Å²) in [5, 5.41) is 12.3. The third-order valence-corrected chi connectivity index (χ3v) is 5.64. The number of alkyl halides is 2. The zero-order chi connectivity index (χ0) is 24.0. The van der Waals surface area contributed by atoms with Crippen LogP contribution in [0.2, 0.25) is 0 Å². The van der Waals surface area contributed by atoms with Gasteiger partial charge in [0.1, 0.15) is 11.3 Å². The van der Waals surface area contributed by atoms with Crippen LogP contribution in [-0.4, -0.2) is 61.9 Å². The fraction of sp³-hybridized carbons (Fsp3) is 0.571. The Hall–Kier alpha value is -2.73. The monoisotopic (exact) mass is 469 g/mol. The number of fused-ring (bicyclic) bond motifs is 1. The number of hydrogen-bond donors (Lipinski definition) is 2. The first-order valence-electron chi connectivity index (χ1n) is 10.8. The molecule has 0 bridgehead atoms. The van der Waals surface area contributed by atoms with Gasteiger partial charge in [0.25, 0.3) is 5.91 Å². The number of benzene rings is 1. The molecule has 0 saturated carbocycles. The number of esters is 2. The van der Waals surface area contributed by atoms with Gasteiger partial charge in [0, 0.05) is 26.1 Å². The minimum Gasteiger partial charge on any atom is -0.534 e. The van der Waals surface area contributed by atoms with Crippen LogP contribution in [0.15, 0.2) is 18.2 Å². The predicted octanol–water partition coefficient (Wildman–Crippen LogP) is 1.65. The lowest BCUT2D eigenvalue weighted by Crippen LogP contribution is -2.56. The molecule has 33 heavy (non-hydrogen) atoms. The quantitative estimate of drug-likeness (QED) is 0.335. The van der Waals surface area contributed by atoms with Crippen molar-refractivity contribution in [3.8, 4) is 5.75 Å². The molecule has 0 radical (unpaired) electrons. The average Bonchev–Trinajstić information content (AvgIpc) is 2.79. The van der Waals surface area contributed by atoms with Crippen LogP contribution in [0.4, 0.5) is 8.78 Å². The molecule has 2 N–H and O–H groups in total. The fourth-order valence-electron chi connectivity index (χ4n) is 3.61. The van der Waals surface area contributed by atoms with Gasteiger partial charge < -0.3 is 29.2 Å². The van der Waals surface area contributed by atoms with Gasteiger partial charge in [0.15, 0.2) is 0 Å². The molecule has 2 aliphatic heterocycles. The third-order valence-electron chi connectivity index (χ3n) is 5.64. The summed E-state index contributed by atoms with van der Waals surface area (Å²) in [4.78, 5) is 36.1. The van der Waals surface area contributed by atoms with E-state index in [1.807, 2.05) is 0 Å². The number of carbonyl (C=O) groups is 3. The average molecular weight is 469 g/mol. The molecule has 1 atom stereocenters. The number of nitrogens with one attached hydrogen (secondary N) is 1. The molecule has 1 saturated heterocycles. The second-order valence-corrected chi connectivity index (χ2v) is 7.97. The lowest BCUT2D eigenvalue weighted by atomic mass is 9.72. The van der Waals surface area contributed by atoms with Gasteiger partial charge in [-0.2, -0.15) is 8.78 Å². The molecule has 12 heteroatoms. The highest BCUT2D eigenvalue weighted by atomic mass is 19.3. The number of carbonyl (C=O) groups excluding carboxylic acids is 3. The molecular formula is C21H26BF2NO8. The summed E-state index contributed by atoms with van der Waals surface area (Å²) in [7, 11) is -1.65. The third kappa shape index (κ3) is 6.41. The normalized spacial score (nSPS) is 18.7. The Morgan fingerprint density at radius 2 is 1.97 bits per heavy atom. The van der Waals surface area contributed by atoms with Crippen molar-refractivity contribution >= 4 is 25.0 Å². The van der Waals surface area contributed by atoms with Gasteiger partial charge in [-0.25, -0.2) is 4.79 Å². The van der Waals surface area contributed by atoms with Crippen LogP contribution in [0.5, 0.6) is 5.75 Å². The van der Waals surface area contributed by atoms with Crippen LogP contribution in [0.1, 0.15) is 48.5 Å². The minimum atomic E-state index is -3.58. The van der Waals surface area contributed by atoms with E-state index in [1.165, 1.54) is 19.1 Å². The molecular weight excluding hydrogens is 443 g/mol. The summed E-state index contributed by atoms with van der Waals surface area (Å²) in [5.74, 6) is -7.37. The molecule has 1 aromatic rings. The topological polar surface area (TPSA) is 120 Å². The molecule has 1 aromatic carbocycles. The van der Waals surface area contributed by atoms with E-state index < -0.39 is 50.0 Å². The summed E-state index contributed by atoms with van der Waals surface area (Å²) in [5.41, 5.74) is 0.382. The van der Waals surface area contributed by atoms with Gasteiger partial charge in [-0.3, -0.25) is 9.59 Å². The van der Waals surface area contributed by atoms with Crippen molar-refractivity contribution in [2.24, 2.45) is 5.92 Å². The number of halogens is 2. The van der Waals surface area contributed by atoms with E-state index in [4.69, 9.17) is 18.9 Å². The van der Waals surface area contributed by atoms with Gasteiger partial charge in [-0.15, -0.1) is 0 Å². The van der Waals surface area contributed by atoms with Gasteiger partial charge in [-0.1, -0.05) is 19.1 Å². The van der Waals surface area contributed by atoms with Crippen LogP contribution in [0, 0.1) is 5.92 Å². The molecule has 2 aliphatic rings. The number of hydrogen-bond acceptors (Lipinski definition) is 8. The standard InChI is InChI=1S/C21H26BF2NO8/c1-2-21(23,24)20(28)25-16-11-14-4-3-5-15(18(14)33-22(16)29)19(27)32-12-31-17(26)10-13-6-8-30-9-7-13/h3-5,13,16,29H,2,6-12H2,1H3,(H,25,28)/t16-/m0/s1. The maximum atomic E-state index is 13.6. The van der Waals surface area contributed by atoms with Crippen molar-refractivity contribution in [1.82, 2.24) is 5.32 Å². The van der Waals surface area contributed by atoms with E-state index in [1.54, 1.807) is 6.07 Å². The number of ether oxygens (including phenoxy) is 3. The van der Waals surface area contributed by atoms with E-state index in [9.17, 15) is 28.2 Å². The minimum absolute atomic E-state index is 0.0104. The Bertz CT molecular complexity index is 878. The Morgan fingerprint density at radius 1 is 1.24 bits per heavy atom. The lowest BCUT2D eigenvalue weighted by molar-refractivity contribution is -0.154. The Balaban J connectivity index is 1.56. The van der Waals surface area contributed by atoms with Crippen molar-refractivity contribution in [2.75, 3.05) is 20.0 Å². The number of amides is 1. The molecule has 3 rings (SSSR count). The summed E-state index contributed by atoms with van der Waals surface area (Å²) >= 11 is 0. The highest BCUT2D eigenvalue weighted by Gasteiger charge is 2.43. The van der Waals surface area contributed by atoms with Crippen LogP contribution in [-0.2, 0) is 30.2 Å². The van der Waals surface area contributed by atoms with Crippen molar-refractivity contribution < 1.29 is 47.1 Å². The maximum absolute atomic E-state index is 13.6. The summed E-state index contributed by atoms with van der Waals surface area (Å²) in [6, 6.07) is 4.48. The van der Waals surface area contributed by atoms with Crippen LogP contribution in [0.25, 0.3) is 0 Å². The van der Waals surface area contributed by atoms with Crippen molar-refractivity contribution in [2.45, 2.75) is 50.9 Å².